The zero-order chi connectivity index (χ0) is 16.4. The van der Waals surface area contributed by atoms with Crippen molar-refractivity contribution in [3.05, 3.63) is 18.5 Å². The van der Waals surface area contributed by atoms with Crippen molar-refractivity contribution >= 4 is 32.8 Å². The number of hydrogen-bond donors (Lipinski definition) is 0. The molecule has 0 unspecified atom stereocenters. The molecule has 1 aliphatic heterocycles. The SMILES string of the molecule is CC(C)(C)OC(=O)N1CCCN(c2nc3cnccc3s2)CC1. The van der Waals surface area contributed by atoms with Gasteiger partial charge in [0.15, 0.2) is 5.13 Å². The van der Waals surface area contributed by atoms with Crippen LogP contribution < -0.4 is 4.90 Å². The first-order valence-corrected chi connectivity index (χ1v) is 8.67. The summed E-state index contributed by atoms with van der Waals surface area (Å²) in [5.74, 6) is 0. The first-order chi connectivity index (χ1) is 10.9. The molecule has 0 aromatic carbocycles. The van der Waals surface area contributed by atoms with Gasteiger partial charge in [-0.2, -0.15) is 0 Å². The van der Waals surface area contributed by atoms with Crippen LogP contribution in [0.25, 0.3) is 10.2 Å². The largest absolute Gasteiger partial charge is 0.444 e. The van der Waals surface area contributed by atoms with Crippen LogP contribution in [-0.4, -0.2) is 52.7 Å². The van der Waals surface area contributed by atoms with Crippen molar-refractivity contribution in [1.82, 2.24) is 14.9 Å². The van der Waals surface area contributed by atoms with Crippen LogP contribution in [0.1, 0.15) is 27.2 Å². The third kappa shape index (κ3) is 3.90. The minimum Gasteiger partial charge on any atom is -0.444 e. The van der Waals surface area contributed by atoms with Crippen molar-refractivity contribution in [3.8, 4) is 0 Å². The summed E-state index contributed by atoms with van der Waals surface area (Å²) in [7, 11) is 0. The van der Waals surface area contributed by atoms with Gasteiger partial charge in [-0.1, -0.05) is 11.3 Å². The Morgan fingerprint density at radius 1 is 1.26 bits per heavy atom. The number of aromatic nitrogens is 2. The number of carbonyl (C=O) groups excluding carboxylic acids is 1. The molecule has 0 aliphatic carbocycles. The van der Waals surface area contributed by atoms with Gasteiger partial charge >= 0.3 is 6.09 Å². The van der Waals surface area contributed by atoms with Crippen LogP contribution in [0, 0.1) is 0 Å². The summed E-state index contributed by atoms with van der Waals surface area (Å²) in [6.45, 7) is 8.72. The van der Waals surface area contributed by atoms with Crippen LogP contribution in [0.3, 0.4) is 0 Å². The Bertz CT molecular complexity index is 662. The number of amides is 1. The van der Waals surface area contributed by atoms with Gasteiger partial charge in [-0.15, -0.1) is 0 Å². The lowest BCUT2D eigenvalue weighted by Gasteiger charge is -2.26. The molecule has 1 amide bonds. The minimum absolute atomic E-state index is 0.229. The Morgan fingerprint density at radius 3 is 2.83 bits per heavy atom. The first-order valence-electron chi connectivity index (χ1n) is 7.86. The van der Waals surface area contributed by atoms with Crippen molar-refractivity contribution in [2.45, 2.75) is 32.8 Å². The van der Waals surface area contributed by atoms with E-state index in [2.05, 4.69) is 14.9 Å². The number of fused-ring (bicyclic) bond motifs is 1. The fraction of sp³-hybridized carbons (Fsp3) is 0.562. The van der Waals surface area contributed by atoms with Crippen molar-refractivity contribution in [1.29, 1.82) is 0 Å². The van der Waals surface area contributed by atoms with Crippen molar-refractivity contribution in [2.24, 2.45) is 0 Å². The molecule has 1 fully saturated rings. The van der Waals surface area contributed by atoms with Crippen LogP contribution in [0.5, 0.6) is 0 Å². The highest BCUT2D eigenvalue weighted by Gasteiger charge is 2.25. The second-order valence-electron chi connectivity index (χ2n) is 6.65. The molecule has 2 aromatic heterocycles. The number of pyridine rings is 1. The highest BCUT2D eigenvalue weighted by Crippen LogP contribution is 2.28. The lowest BCUT2D eigenvalue weighted by Crippen LogP contribution is -2.39. The zero-order valence-electron chi connectivity index (χ0n) is 13.8. The van der Waals surface area contributed by atoms with E-state index in [1.165, 1.54) is 0 Å². The molecule has 6 nitrogen and oxygen atoms in total. The summed E-state index contributed by atoms with van der Waals surface area (Å²) < 4.78 is 6.61. The fourth-order valence-electron chi connectivity index (χ4n) is 2.52. The van der Waals surface area contributed by atoms with Crippen LogP contribution in [-0.2, 0) is 4.74 Å². The van der Waals surface area contributed by atoms with E-state index in [9.17, 15) is 4.79 Å². The normalized spacial score (nSPS) is 16.5. The number of carbonyl (C=O) groups is 1. The molecule has 0 saturated carbocycles. The molecule has 0 spiro atoms. The number of anilines is 1. The summed E-state index contributed by atoms with van der Waals surface area (Å²) >= 11 is 1.67. The van der Waals surface area contributed by atoms with Crippen LogP contribution >= 0.6 is 11.3 Å². The van der Waals surface area contributed by atoms with E-state index < -0.39 is 5.60 Å². The van der Waals surface area contributed by atoms with E-state index in [-0.39, 0.29) is 6.09 Å². The summed E-state index contributed by atoms with van der Waals surface area (Å²) in [6, 6.07) is 1.99. The van der Waals surface area contributed by atoms with Gasteiger partial charge in [-0.3, -0.25) is 4.98 Å². The Balaban J connectivity index is 1.67. The number of thiazole rings is 1. The highest BCUT2D eigenvalue weighted by atomic mass is 32.1. The second kappa shape index (κ2) is 6.31. The molecule has 23 heavy (non-hydrogen) atoms. The Kier molecular flexibility index (Phi) is 4.39. The Hall–Kier alpha value is -1.89. The third-order valence-corrected chi connectivity index (χ3v) is 4.69. The number of rotatable bonds is 1. The van der Waals surface area contributed by atoms with Gasteiger partial charge in [0.2, 0.25) is 0 Å². The lowest BCUT2D eigenvalue weighted by atomic mass is 10.2. The van der Waals surface area contributed by atoms with Gasteiger partial charge in [-0.25, -0.2) is 9.78 Å². The van der Waals surface area contributed by atoms with Crippen molar-refractivity contribution in [3.63, 3.8) is 0 Å². The van der Waals surface area contributed by atoms with Gasteiger partial charge in [0, 0.05) is 32.4 Å². The molecule has 0 radical (unpaired) electrons. The van der Waals surface area contributed by atoms with E-state index in [1.54, 1.807) is 28.6 Å². The van der Waals surface area contributed by atoms with Gasteiger partial charge in [0.05, 0.1) is 10.9 Å². The Labute approximate surface area is 140 Å². The number of ether oxygens (including phenoxy) is 1. The zero-order valence-corrected chi connectivity index (χ0v) is 14.6. The maximum atomic E-state index is 12.2. The first kappa shape index (κ1) is 16.0. The van der Waals surface area contributed by atoms with E-state index in [4.69, 9.17) is 4.74 Å². The standard InChI is InChI=1S/C16H22N4O2S/c1-16(2,3)22-15(21)20-8-4-7-19(9-10-20)14-18-12-11-17-6-5-13(12)23-14/h5-6,11H,4,7-10H2,1-3H3. The highest BCUT2D eigenvalue weighted by molar-refractivity contribution is 7.22. The number of nitrogens with zero attached hydrogens (tertiary/aromatic N) is 4. The quantitative estimate of drug-likeness (QED) is 0.802. The molecule has 7 heteroatoms. The smallest absolute Gasteiger partial charge is 0.410 e. The van der Waals surface area contributed by atoms with E-state index >= 15 is 0 Å². The van der Waals surface area contributed by atoms with Crippen LogP contribution in [0.4, 0.5) is 9.93 Å². The average molecular weight is 334 g/mol. The average Bonchev–Trinajstić information content (AvgIpc) is 2.74. The van der Waals surface area contributed by atoms with Gasteiger partial charge in [0.1, 0.15) is 11.1 Å². The second-order valence-corrected chi connectivity index (χ2v) is 7.66. The maximum absolute atomic E-state index is 12.2. The van der Waals surface area contributed by atoms with Gasteiger partial charge in [-0.05, 0) is 33.3 Å². The van der Waals surface area contributed by atoms with E-state index in [1.807, 2.05) is 26.8 Å². The monoisotopic (exact) mass is 334 g/mol. The molecule has 1 aliphatic rings. The summed E-state index contributed by atoms with van der Waals surface area (Å²) in [4.78, 5) is 25.0. The molecule has 0 N–H and O–H groups in total. The lowest BCUT2D eigenvalue weighted by molar-refractivity contribution is 0.0263. The van der Waals surface area contributed by atoms with E-state index in [0.29, 0.717) is 6.54 Å². The van der Waals surface area contributed by atoms with Gasteiger partial charge < -0.3 is 14.5 Å². The molecule has 2 aromatic rings. The summed E-state index contributed by atoms with van der Waals surface area (Å²) in [6.07, 6.45) is 4.26. The molecule has 3 heterocycles. The molecular formula is C16H22N4O2S. The maximum Gasteiger partial charge on any atom is 0.410 e. The molecular weight excluding hydrogens is 312 g/mol. The predicted octanol–water partition coefficient (Wildman–Crippen LogP) is 3.14. The minimum atomic E-state index is -0.455. The van der Waals surface area contributed by atoms with Crippen LogP contribution in [0.2, 0.25) is 0 Å². The topological polar surface area (TPSA) is 58.6 Å². The predicted molar refractivity (Wildman–Crippen MR) is 92.1 cm³/mol. The molecule has 124 valence electrons. The molecule has 1 saturated heterocycles. The van der Waals surface area contributed by atoms with Crippen molar-refractivity contribution in [2.75, 3.05) is 31.1 Å². The fourth-order valence-corrected chi connectivity index (χ4v) is 3.51. The van der Waals surface area contributed by atoms with Crippen molar-refractivity contribution < 1.29 is 9.53 Å². The third-order valence-electron chi connectivity index (χ3n) is 3.60. The molecule has 0 bridgehead atoms. The molecule has 3 rings (SSSR count). The van der Waals surface area contributed by atoms with Crippen LogP contribution in [0.15, 0.2) is 18.5 Å². The van der Waals surface area contributed by atoms with E-state index in [0.717, 1.165) is 41.4 Å². The Morgan fingerprint density at radius 2 is 2.09 bits per heavy atom. The summed E-state index contributed by atoms with van der Waals surface area (Å²) in [5, 5.41) is 0.999. The number of hydrogen-bond acceptors (Lipinski definition) is 6. The van der Waals surface area contributed by atoms with Gasteiger partial charge in [0.25, 0.3) is 0 Å². The molecule has 0 atom stereocenters. The summed E-state index contributed by atoms with van der Waals surface area (Å²) in [5.41, 5.74) is 0.476.